The first kappa shape index (κ1) is 18.4. The van der Waals surface area contributed by atoms with Gasteiger partial charge in [-0.1, -0.05) is 30.3 Å². The molecule has 1 aromatic heterocycles. The summed E-state index contributed by atoms with van der Waals surface area (Å²) in [6, 6.07) is 12.8. The lowest BCUT2D eigenvalue weighted by Gasteiger charge is -2.42. The fraction of sp³-hybridized carbons (Fsp3) is 0.400. The van der Waals surface area contributed by atoms with Crippen LogP contribution in [0.15, 0.2) is 47.3 Å². The van der Waals surface area contributed by atoms with Crippen LogP contribution in [0.25, 0.3) is 0 Å². The number of benzene rings is 1. The highest BCUT2D eigenvalue weighted by Gasteiger charge is 2.37. The normalized spacial score (nSPS) is 20.4. The van der Waals surface area contributed by atoms with E-state index in [-0.39, 0.29) is 23.6 Å². The molecule has 6 nitrogen and oxygen atoms in total. The molecule has 2 heterocycles. The lowest BCUT2D eigenvalue weighted by atomic mass is 9.96. The molecule has 0 unspecified atom stereocenters. The van der Waals surface area contributed by atoms with Gasteiger partial charge in [-0.25, -0.2) is 0 Å². The molecule has 0 saturated carbocycles. The quantitative estimate of drug-likeness (QED) is 0.909. The van der Waals surface area contributed by atoms with Crippen molar-refractivity contribution in [2.45, 2.75) is 19.1 Å². The van der Waals surface area contributed by atoms with Gasteiger partial charge in [0.1, 0.15) is 0 Å². The van der Waals surface area contributed by atoms with Gasteiger partial charge in [0.25, 0.3) is 5.91 Å². The second-order valence-corrected chi connectivity index (χ2v) is 6.94. The minimum atomic E-state index is -0.261. The Morgan fingerprint density at radius 1 is 1.27 bits per heavy atom. The number of aromatic amines is 1. The summed E-state index contributed by atoms with van der Waals surface area (Å²) in [6.07, 6.45) is -0.131. The SMILES string of the molecule is Cc1cc(C(=O)N2CCO[C@@H](CN(C)C)[C@@H]2c2ccccc2)cc(=O)[nH]1. The maximum Gasteiger partial charge on any atom is 0.254 e. The Kier molecular flexibility index (Phi) is 5.54. The average molecular weight is 355 g/mol. The molecule has 1 fully saturated rings. The fourth-order valence-corrected chi connectivity index (χ4v) is 3.49. The number of carbonyl (C=O) groups excluding carboxylic acids is 1. The van der Waals surface area contributed by atoms with Crippen LogP contribution in [0, 0.1) is 6.92 Å². The molecule has 1 amide bonds. The number of pyridine rings is 1. The van der Waals surface area contributed by atoms with Crippen molar-refractivity contribution in [3.05, 3.63) is 69.6 Å². The molecule has 2 atom stereocenters. The van der Waals surface area contributed by atoms with Gasteiger partial charge in [0.2, 0.25) is 5.56 Å². The molecular formula is C20H25N3O3. The predicted molar refractivity (Wildman–Crippen MR) is 100 cm³/mol. The van der Waals surface area contributed by atoms with Crippen molar-refractivity contribution in [1.29, 1.82) is 0 Å². The average Bonchev–Trinajstić information content (AvgIpc) is 2.60. The van der Waals surface area contributed by atoms with E-state index in [2.05, 4.69) is 9.88 Å². The van der Waals surface area contributed by atoms with Crippen molar-refractivity contribution in [3.63, 3.8) is 0 Å². The third kappa shape index (κ3) is 4.03. The minimum Gasteiger partial charge on any atom is -0.373 e. The number of amides is 1. The molecule has 0 radical (unpaired) electrons. The van der Waals surface area contributed by atoms with Crippen LogP contribution >= 0.6 is 0 Å². The number of rotatable bonds is 4. The van der Waals surface area contributed by atoms with E-state index in [4.69, 9.17) is 4.74 Å². The summed E-state index contributed by atoms with van der Waals surface area (Å²) >= 11 is 0. The zero-order valence-electron chi connectivity index (χ0n) is 15.4. The largest absolute Gasteiger partial charge is 0.373 e. The van der Waals surface area contributed by atoms with Crippen molar-refractivity contribution >= 4 is 5.91 Å². The minimum absolute atomic E-state index is 0.131. The third-order valence-corrected chi connectivity index (χ3v) is 4.53. The molecule has 1 saturated heterocycles. The maximum absolute atomic E-state index is 13.2. The second-order valence-electron chi connectivity index (χ2n) is 6.94. The van der Waals surface area contributed by atoms with E-state index in [1.165, 1.54) is 6.07 Å². The van der Waals surface area contributed by atoms with E-state index in [9.17, 15) is 9.59 Å². The van der Waals surface area contributed by atoms with Gasteiger partial charge in [-0.3, -0.25) is 9.59 Å². The van der Waals surface area contributed by atoms with E-state index in [1.54, 1.807) is 13.0 Å². The first-order valence-electron chi connectivity index (χ1n) is 8.79. The number of ether oxygens (including phenoxy) is 1. The smallest absolute Gasteiger partial charge is 0.254 e. The number of aryl methyl sites for hydroxylation is 1. The number of hydrogen-bond donors (Lipinski definition) is 1. The summed E-state index contributed by atoms with van der Waals surface area (Å²) in [4.78, 5) is 31.6. The van der Waals surface area contributed by atoms with E-state index in [0.717, 1.165) is 5.56 Å². The molecule has 1 aromatic carbocycles. The van der Waals surface area contributed by atoms with Gasteiger partial charge in [0.05, 0.1) is 18.8 Å². The van der Waals surface area contributed by atoms with Crippen LogP contribution in [0.5, 0.6) is 0 Å². The summed E-state index contributed by atoms with van der Waals surface area (Å²) in [7, 11) is 3.98. The third-order valence-electron chi connectivity index (χ3n) is 4.53. The van der Waals surface area contributed by atoms with E-state index < -0.39 is 0 Å². The maximum atomic E-state index is 13.2. The first-order chi connectivity index (χ1) is 12.5. The molecule has 138 valence electrons. The number of H-pyrrole nitrogens is 1. The van der Waals surface area contributed by atoms with Crippen molar-refractivity contribution in [1.82, 2.24) is 14.8 Å². The molecule has 0 bridgehead atoms. The summed E-state index contributed by atoms with van der Waals surface area (Å²) in [5, 5.41) is 0. The lowest BCUT2D eigenvalue weighted by molar-refractivity contribution is -0.0684. The van der Waals surface area contributed by atoms with Crippen LogP contribution < -0.4 is 5.56 Å². The van der Waals surface area contributed by atoms with Crippen LogP contribution in [-0.2, 0) is 4.74 Å². The summed E-state index contributed by atoms with van der Waals surface area (Å²) in [5.41, 5.74) is 1.87. The van der Waals surface area contributed by atoms with Crippen molar-refractivity contribution in [2.24, 2.45) is 0 Å². The first-order valence-corrected chi connectivity index (χ1v) is 8.79. The highest BCUT2D eigenvalue weighted by molar-refractivity contribution is 5.94. The Balaban J connectivity index is 1.99. The van der Waals surface area contributed by atoms with Crippen molar-refractivity contribution in [2.75, 3.05) is 33.8 Å². The summed E-state index contributed by atoms with van der Waals surface area (Å²) in [6.45, 7) is 3.46. The number of nitrogens with one attached hydrogen (secondary N) is 1. The standard InChI is InChI=1S/C20H25N3O3/c1-14-11-16(12-18(24)21-14)20(25)23-9-10-26-17(13-22(2)3)19(23)15-7-5-4-6-8-15/h4-8,11-12,17,19H,9-10,13H2,1-3H3,(H,21,24)/t17-,19-/m0/s1. The Bertz CT molecular complexity index is 817. The van der Waals surface area contributed by atoms with Gasteiger partial charge >= 0.3 is 0 Å². The highest BCUT2D eigenvalue weighted by atomic mass is 16.5. The molecule has 0 spiro atoms. The monoisotopic (exact) mass is 355 g/mol. The number of nitrogens with zero attached hydrogens (tertiary/aromatic N) is 2. The summed E-state index contributed by atoms with van der Waals surface area (Å²) < 4.78 is 6.02. The van der Waals surface area contributed by atoms with Crippen LogP contribution in [0.3, 0.4) is 0 Å². The molecule has 3 rings (SSSR count). The lowest BCUT2D eigenvalue weighted by Crippen LogP contribution is -2.51. The molecule has 1 aliphatic heterocycles. The zero-order chi connectivity index (χ0) is 18.7. The molecule has 0 aliphatic carbocycles. The predicted octanol–water partition coefficient (Wildman–Crippen LogP) is 1.83. The van der Waals surface area contributed by atoms with Gasteiger partial charge in [0, 0.05) is 30.4 Å². The van der Waals surface area contributed by atoms with Crippen LogP contribution in [-0.4, -0.2) is 60.6 Å². The van der Waals surface area contributed by atoms with E-state index in [0.29, 0.717) is 31.0 Å². The number of hydrogen-bond acceptors (Lipinski definition) is 4. The molecule has 6 heteroatoms. The van der Waals surface area contributed by atoms with Gasteiger partial charge in [0.15, 0.2) is 0 Å². The van der Waals surface area contributed by atoms with Gasteiger partial charge in [-0.15, -0.1) is 0 Å². The van der Waals surface area contributed by atoms with Gasteiger partial charge in [-0.05, 0) is 32.6 Å². The van der Waals surface area contributed by atoms with Crippen LogP contribution in [0.4, 0.5) is 0 Å². The Labute approximate surface area is 153 Å². The van der Waals surface area contributed by atoms with Gasteiger partial charge in [-0.2, -0.15) is 0 Å². The molecule has 2 aromatic rings. The number of morpholine rings is 1. The van der Waals surface area contributed by atoms with Crippen molar-refractivity contribution < 1.29 is 9.53 Å². The zero-order valence-corrected chi connectivity index (χ0v) is 15.4. The number of aromatic nitrogens is 1. The molecule has 1 N–H and O–H groups in total. The Hall–Kier alpha value is -2.44. The Morgan fingerprint density at radius 3 is 2.65 bits per heavy atom. The molecule has 1 aliphatic rings. The van der Waals surface area contributed by atoms with Crippen molar-refractivity contribution in [3.8, 4) is 0 Å². The summed E-state index contributed by atoms with van der Waals surface area (Å²) in [5.74, 6) is -0.139. The second kappa shape index (κ2) is 7.85. The number of carbonyl (C=O) groups is 1. The highest BCUT2D eigenvalue weighted by Crippen LogP contribution is 2.31. The molecular weight excluding hydrogens is 330 g/mol. The Morgan fingerprint density at radius 2 is 2.00 bits per heavy atom. The van der Waals surface area contributed by atoms with E-state index >= 15 is 0 Å². The molecule has 26 heavy (non-hydrogen) atoms. The van der Waals surface area contributed by atoms with Crippen LogP contribution in [0.2, 0.25) is 0 Å². The fourth-order valence-electron chi connectivity index (χ4n) is 3.49. The number of likely N-dealkylation sites (N-methyl/N-ethyl adjacent to an activating group) is 1. The van der Waals surface area contributed by atoms with Gasteiger partial charge < -0.3 is 19.5 Å². The van der Waals surface area contributed by atoms with E-state index in [1.807, 2.05) is 49.3 Å². The van der Waals surface area contributed by atoms with Crippen LogP contribution in [0.1, 0.15) is 27.7 Å². The topological polar surface area (TPSA) is 65.6 Å².